The molecule has 0 aliphatic rings. The Labute approximate surface area is 600 Å². The second-order valence-electron chi connectivity index (χ2n) is 29.9. The normalized spacial score (nSPS) is 14.0. The number of aliphatic hydroxyl groups excluding tert-OH is 1. The van der Waals surface area contributed by atoms with E-state index in [-0.39, 0.29) is 25.7 Å². The number of phosphoric acid groups is 2. The molecule has 0 saturated carbocycles. The molecule has 0 fully saturated rings. The van der Waals surface area contributed by atoms with Crippen LogP contribution in [0.1, 0.15) is 408 Å². The molecule has 582 valence electrons. The third-order valence-corrected chi connectivity index (χ3v) is 20.3. The van der Waals surface area contributed by atoms with E-state index in [0.29, 0.717) is 25.7 Å². The van der Waals surface area contributed by atoms with Crippen LogP contribution in [0, 0.1) is 17.8 Å². The fourth-order valence-corrected chi connectivity index (χ4v) is 13.7. The molecular formula is C79H154O17P2. The molecule has 0 aliphatic carbocycles. The van der Waals surface area contributed by atoms with Crippen LogP contribution < -0.4 is 0 Å². The van der Waals surface area contributed by atoms with Gasteiger partial charge >= 0.3 is 39.5 Å². The Hall–Kier alpha value is -1.94. The van der Waals surface area contributed by atoms with Gasteiger partial charge in [0.05, 0.1) is 26.4 Å². The summed E-state index contributed by atoms with van der Waals surface area (Å²) in [5.41, 5.74) is 0. The molecule has 0 aromatic rings. The largest absolute Gasteiger partial charge is 0.472 e. The van der Waals surface area contributed by atoms with Gasteiger partial charge in [-0.2, -0.15) is 0 Å². The Morgan fingerprint density at radius 3 is 0.694 bits per heavy atom. The van der Waals surface area contributed by atoms with Crippen molar-refractivity contribution in [3.05, 3.63) is 0 Å². The van der Waals surface area contributed by atoms with Crippen LogP contribution in [0.3, 0.4) is 0 Å². The van der Waals surface area contributed by atoms with Crippen molar-refractivity contribution in [2.75, 3.05) is 39.6 Å². The molecule has 19 heteroatoms. The van der Waals surface area contributed by atoms with E-state index in [1.165, 1.54) is 218 Å². The molecule has 0 saturated heterocycles. The third-order valence-electron chi connectivity index (χ3n) is 18.4. The maximum atomic E-state index is 13.1. The molecule has 98 heavy (non-hydrogen) atoms. The predicted molar refractivity (Wildman–Crippen MR) is 400 cm³/mol. The lowest BCUT2D eigenvalue weighted by atomic mass is 10.0. The minimum atomic E-state index is -4.96. The first-order valence-corrected chi connectivity index (χ1v) is 43.8. The molecule has 3 N–H and O–H groups in total. The van der Waals surface area contributed by atoms with E-state index in [2.05, 4.69) is 48.5 Å². The van der Waals surface area contributed by atoms with Gasteiger partial charge in [0.2, 0.25) is 0 Å². The summed E-state index contributed by atoms with van der Waals surface area (Å²) in [6, 6.07) is 0. The van der Waals surface area contributed by atoms with E-state index in [1.807, 2.05) is 0 Å². The molecule has 0 aliphatic heterocycles. The summed E-state index contributed by atoms with van der Waals surface area (Å²) in [6.07, 6.45) is 57.1. The smallest absolute Gasteiger partial charge is 0.462 e. The molecule has 0 aromatic carbocycles. The van der Waals surface area contributed by atoms with E-state index >= 15 is 0 Å². The minimum absolute atomic E-state index is 0.105. The highest BCUT2D eigenvalue weighted by Crippen LogP contribution is 2.45. The van der Waals surface area contributed by atoms with Gasteiger partial charge in [0.1, 0.15) is 19.3 Å². The lowest BCUT2D eigenvalue weighted by Gasteiger charge is -2.21. The van der Waals surface area contributed by atoms with E-state index in [4.69, 9.17) is 37.0 Å². The van der Waals surface area contributed by atoms with E-state index in [0.717, 1.165) is 108 Å². The molecule has 0 radical (unpaired) electrons. The third kappa shape index (κ3) is 72.4. The van der Waals surface area contributed by atoms with E-state index < -0.39 is 97.5 Å². The summed E-state index contributed by atoms with van der Waals surface area (Å²) in [5.74, 6) is 0.117. The van der Waals surface area contributed by atoms with Crippen molar-refractivity contribution in [3.63, 3.8) is 0 Å². The Bertz CT molecular complexity index is 1900. The van der Waals surface area contributed by atoms with Gasteiger partial charge in [-0.3, -0.25) is 37.3 Å². The highest BCUT2D eigenvalue weighted by molar-refractivity contribution is 7.47. The van der Waals surface area contributed by atoms with Crippen LogP contribution in [0.5, 0.6) is 0 Å². The molecule has 0 amide bonds. The van der Waals surface area contributed by atoms with Crippen LogP contribution in [-0.2, 0) is 65.4 Å². The number of phosphoric ester groups is 2. The molecule has 0 bridgehead atoms. The Balaban J connectivity index is 5.22. The van der Waals surface area contributed by atoms with Crippen molar-refractivity contribution in [1.82, 2.24) is 0 Å². The topological polar surface area (TPSA) is 237 Å². The number of aliphatic hydroxyl groups is 1. The SMILES string of the molecule is CCCCCCCCCCCCCCCCCCCCCCCC(=O)O[C@H](COC(=O)CCCCCCCCCCCCCC(C)C)COP(=O)(O)OC[C@@H](O)COP(=O)(O)OC[C@@H](COC(=O)CCCCCCCCCCC(C)C)OC(=O)CCCCCCCCCCCC(C)C. The van der Waals surface area contributed by atoms with Crippen molar-refractivity contribution < 1.29 is 80.2 Å². The van der Waals surface area contributed by atoms with Gasteiger partial charge in [0, 0.05) is 25.7 Å². The van der Waals surface area contributed by atoms with Crippen molar-refractivity contribution in [3.8, 4) is 0 Å². The summed E-state index contributed by atoms with van der Waals surface area (Å²) < 4.78 is 68.6. The Morgan fingerprint density at radius 1 is 0.276 bits per heavy atom. The number of ether oxygens (including phenoxy) is 4. The predicted octanol–water partition coefficient (Wildman–Crippen LogP) is 23.4. The number of esters is 4. The summed E-state index contributed by atoms with van der Waals surface area (Å²) in [4.78, 5) is 72.9. The highest BCUT2D eigenvalue weighted by atomic mass is 31.2. The van der Waals surface area contributed by atoms with Crippen LogP contribution in [0.25, 0.3) is 0 Å². The average molecular weight is 1440 g/mol. The first-order valence-electron chi connectivity index (χ1n) is 40.8. The Morgan fingerprint density at radius 2 is 0.469 bits per heavy atom. The molecule has 5 atom stereocenters. The van der Waals surface area contributed by atoms with Gasteiger partial charge in [-0.05, 0) is 43.4 Å². The highest BCUT2D eigenvalue weighted by Gasteiger charge is 2.30. The fourth-order valence-electron chi connectivity index (χ4n) is 12.1. The average Bonchev–Trinajstić information content (AvgIpc) is 1.08. The van der Waals surface area contributed by atoms with Crippen LogP contribution in [0.2, 0.25) is 0 Å². The lowest BCUT2D eigenvalue weighted by molar-refractivity contribution is -0.161. The number of hydrogen-bond donors (Lipinski definition) is 3. The lowest BCUT2D eigenvalue weighted by Crippen LogP contribution is -2.30. The van der Waals surface area contributed by atoms with Crippen molar-refractivity contribution >= 4 is 39.5 Å². The molecule has 17 nitrogen and oxygen atoms in total. The molecule has 0 rings (SSSR count). The quantitative estimate of drug-likeness (QED) is 0.0222. The summed E-state index contributed by atoms with van der Waals surface area (Å²) in [5, 5.41) is 10.6. The zero-order valence-electron chi connectivity index (χ0n) is 64.3. The molecule has 0 spiro atoms. The number of carbonyl (C=O) groups is 4. The van der Waals surface area contributed by atoms with E-state index in [9.17, 15) is 43.2 Å². The van der Waals surface area contributed by atoms with Crippen molar-refractivity contribution in [2.24, 2.45) is 17.8 Å². The van der Waals surface area contributed by atoms with Gasteiger partial charge in [-0.25, -0.2) is 9.13 Å². The standard InChI is InChI=1S/C79H154O17P2/c1-8-9-10-11-12-13-14-15-16-17-18-19-20-21-22-23-26-32-41-48-55-62-78(83)95-74(66-89-76(81)60-53-46-39-31-27-24-25-29-36-43-50-57-70(2)3)68-93-97(85,86)91-64-73(80)65-92-98(87,88)94-69-75(67-90-77(82)61-54-47-40-35-34-38-45-52-59-72(6)7)96-79(84)63-56-49-42-33-28-30-37-44-51-58-71(4)5/h70-75,80H,8-69H2,1-7H3,(H,85,86)(H,87,88)/t73-,74-,75-/m1/s1. The second-order valence-corrected chi connectivity index (χ2v) is 32.8. The summed E-state index contributed by atoms with van der Waals surface area (Å²) >= 11 is 0. The van der Waals surface area contributed by atoms with Gasteiger partial charge in [-0.1, -0.05) is 357 Å². The molecule has 0 heterocycles. The van der Waals surface area contributed by atoms with Gasteiger partial charge in [0.15, 0.2) is 12.2 Å². The Kier molecular flexibility index (Phi) is 68.1. The van der Waals surface area contributed by atoms with Crippen molar-refractivity contribution in [1.29, 1.82) is 0 Å². The van der Waals surface area contributed by atoms with E-state index in [1.54, 1.807) is 0 Å². The van der Waals surface area contributed by atoms with Gasteiger partial charge < -0.3 is 33.8 Å². The van der Waals surface area contributed by atoms with Gasteiger partial charge in [-0.15, -0.1) is 0 Å². The first-order chi connectivity index (χ1) is 47.2. The minimum Gasteiger partial charge on any atom is -0.462 e. The van der Waals surface area contributed by atoms with Crippen LogP contribution >= 0.6 is 15.6 Å². The van der Waals surface area contributed by atoms with Crippen LogP contribution in [-0.4, -0.2) is 96.7 Å². The number of rotatable bonds is 77. The first kappa shape index (κ1) is 96.1. The van der Waals surface area contributed by atoms with Crippen molar-refractivity contribution in [2.45, 2.75) is 426 Å². The summed E-state index contributed by atoms with van der Waals surface area (Å²) in [7, 11) is -9.92. The van der Waals surface area contributed by atoms with Crippen LogP contribution in [0.15, 0.2) is 0 Å². The fraction of sp³-hybridized carbons (Fsp3) is 0.949. The van der Waals surface area contributed by atoms with Crippen LogP contribution in [0.4, 0.5) is 0 Å². The maximum absolute atomic E-state index is 13.1. The number of hydrogen-bond acceptors (Lipinski definition) is 15. The number of carbonyl (C=O) groups excluding carboxylic acids is 4. The zero-order valence-corrected chi connectivity index (χ0v) is 66.0. The maximum Gasteiger partial charge on any atom is 0.472 e. The number of unbranched alkanes of at least 4 members (excludes halogenated alkanes) is 45. The second kappa shape index (κ2) is 69.4. The van der Waals surface area contributed by atoms with Gasteiger partial charge in [0.25, 0.3) is 0 Å². The molecule has 2 unspecified atom stereocenters. The molecule has 0 aromatic heterocycles. The monoisotopic (exact) mass is 1440 g/mol. The zero-order chi connectivity index (χ0) is 72.3. The molecular weight excluding hydrogens is 1280 g/mol. The summed E-state index contributed by atoms with van der Waals surface area (Å²) in [6.45, 7) is 11.9.